The van der Waals surface area contributed by atoms with Gasteiger partial charge in [0.25, 0.3) is 0 Å². The zero-order valence-corrected chi connectivity index (χ0v) is 40.3. The third-order valence-corrected chi connectivity index (χ3v) is 17.4. The lowest BCUT2D eigenvalue weighted by Gasteiger charge is -2.63. The molecule has 3 aromatic rings. The molecule has 15 nitrogen and oxygen atoms in total. The van der Waals surface area contributed by atoms with Crippen LogP contribution in [-0.4, -0.2) is 152 Å². The number of benzene rings is 2. The number of esters is 3. The van der Waals surface area contributed by atoms with Gasteiger partial charge < -0.3 is 44.4 Å². The van der Waals surface area contributed by atoms with Crippen LogP contribution in [0.2, 0.25) is 0 Å². The summed E-state index contributed by atoms with van der Waals surface area (Å²) in [5, 5.41) is 29.4. The number of nitrogens with one attached hydrogen (secondary N) is 2. The number of aliphatic hydroxyl groups is 2. The van der Waals surface area contributed by atoms with Crippen molar-refractivity contribution in [3.05, 3.63) is 64.9 Å². The van der Waals surface area contributed by atoms with Crippen molar-refractivity contribution in [3.8, 4) is 5.75 Å². The Balaban J connectivity index is 1.32. The number of aromatic amines is 1. The van der Waals surface area contributed by atoms with Gasteiger partial charge in [-0.05, 0) is 86.4 Å². The zero-order valence-electron chi connectivity index (χ0n) is 39.5. The molecule has 1 amide bonds. The highest BCUT2D eigenvalue weighted by Gasteiger charge is 2.80. The lowest BCUT2D eigenvalue weighted by Crippen LogP contribution is -2.81. The molecule has 356 valence electrons. The number of fused-ring (bicyclic) bond motifs is 6. The number of thioether (sulfide) groups is 1. The van der Waals surface area contributed by atoms with E-state index >= 15 is 4.79 Å². The standard InChI is InChI=1S/C50H65N5O10S/c1-9-46(60)25-31-26-49(44(58)63-7,40-33(14-19-54(27-31)28-46)34-22-32(12-13-37(34)52-40)66-21-17-51-29(3)56)36-23-35-38(24-39(36)62-6)53(5)42-48(35)16-20-55-18-11-15-47(10-2,41(48)55)43(65-30(4)57)50(42,61)45(59)64-8/h11-13,15,22-24,31,41-43,52,60-61H,9-10,14,16-21,25-28H2,1-8H3,(H,51,56)/t31-,41+,42?,43-,46+,47-,48-,49+,50+/m1/s1. The number of piperidine rings is 1. The van der Waals surface area contributed by atoms with Crippen molar-refractivity contribution < 1.29 is 48.3 Å². The highest BCUT2D eigenvalue weighted by molar-refractivity contribution is 7.99. The van der Waals surface area contributed by atoms with Gasteiger partial charge in [-0.15, -0.1) is 11.8 Å². The Hall–Kier alpha value is -4.61. The molecule has 1 saturated carbocycles. The Morgan fingerprint density at radius 2 is 1.73 bits per heavy atom. The molecule has 9 rings (SSSR count). The number of anilines is 1. The molecule has 10 atom stereocenters. The summed E-state index contributed by atoms with van der Waals surface area (Å²) in [5.74, 6) is -1.10. The maximum Gasteiger partial charge on any atom is 0.344 e. The van der Waals surface area contributed by atoms with E-state index in [1.54, 1.807) is 18.9 Å². The Labute approximate surface area is 390 Å². The van der Waals surface area contributed by atoms with Gasteiger partial charge in [-0.3, -0.25) is 24.2 Å². The van der Waals surface area contributed by atoms with Gasteiger partial charge in [-0.1, -0.05) is 26.0 Å². The molecule has 0 radical (unpaired) electrons. The summed E-state index contributed by atoms with van der Waals surface area (Å²) >= 11 is 1.65. The Morgan fingerprint density at radius 1 is 0.955 bits per heavy atom. The average molecular weight is 928 g/mol. The molecule has 5 aliphatic heterocycles. The number of amides is 1. The minimum Gasteiger partial charge on any atom is -0.496 e. The maximum absolute atomic E-state index is 15.6. The predicted molar refractivity (Wildman–Crippen MR) is 250 cm³/mol. The van der Waals surface area contributed by atoms with Gasteiger partial charge in [-0.2, -0.15) is 0 Å². The van der Waals surface area contributed by atoms with Crippen LogP contribution in [0.1, 0.15) is 82.2 Å². The summed E-state index contributed by atoms with van der Waals surface area (Å²) in [6, 6.07) is 9.01. The number of rotatable bonds is 11. The van der Waals surface area contributed by atoms with Gasteiger partial charge in [0.15, 0.2) is 6.10 Å². The van der Waals surface area contributed by atoms with E-state index in [2.05, 4.69) is 44.4 Å². The lowest BCUT2D eigenvalue weighted by atomic mass is 9.47. The molecule has 1 spiro atoms. The van der Waals surface area contributed by atoms with Crippen molar-refractivity contribution in [3.63, 3.8) is 0 Å². The number of carbonyl (C=O) groups is 4. The largest absolute Gasteiger partial charge is 0.496 e. The van der Waals surface area contributed by atoms with Crippen LogP contribution in [0.3, 0.4) is 0 Å². The highest BCUT2D eigenvalue weighted by Crippen LogP contribution is 2.68. The van der Waals surface area contributed by atoms with E-state index in [1.165, 1.54) is 28.1 Å². The number of H-pyrrole nitrogens is 1. The van der Waals surface area contributed by atoms with Crippen molar-refractivity contribution in [2.24, 2.45) is 11.3 Å². The van der Waals surface area contributed by atoms with E-state index < -0.39 is 57.5 Å². The molecule has 1 aliphatic carbocycles. The van der Waals surface area contributed by atoms with E-state index in [0.29, 0.717) is 94.1 Å². The number of hydrogen-bond donors (Lipinski definition) is 4. The summed E-state index contributed by atoms with van der Waals surface area (Å²) in [5.41, 5.74) is -2.05. The van der Waals surface area contributed by atoms with E-state index in [9.17, 15) is 24.6 Å². The first-order chi connectivity index (χ1) is 31.5. The van der Waals surface area contributed by atoms with Crippen LogP contribution in [0.5, 0.6) is 5.75 Å². The van der Waals surface area contributed by atoms with Crippen molar-refractivity contribution in [1.82, 2.24) is 20.1 Å². The molecule has 6 heterocycles. The highest BCUT2D eigenvalue weighted by atomic mass is 32.2. The van der Waals surface area contributed by atoms with Crippen molar-refractivity contribution in [2.45, 2.75) is 111 Å². The number of aromatic nitrogens is 1. The van der Waals surface area contributed by atoms with E-state index in [0.717, 1.165) is 32.6 Å². The number of methoxy groups -OCH3 is 3. The SMILES string of the molecule is CC[C@]1(O)C[C@H]2CN(CCc3c([nH]c4ccc(SCCNC(C)=O)cc34)[C@@](C(=O)OC)(c3cc4c(cc3OC)N(C)C3[C@]45CCN4CC=C[C@@](CC)([C@@H](OC(C)=O)[C@]3(O)C(=O)OC)[C@H]45)C2)C1. The second-order valence-corrected chi connectivity index (χ2v) is 20.9. The van der Waals surface area contributed by atoms with Crippen LogP contribution in [0.15, 0.2) is 47.4 Å². The fraction of sp³-hybridized carbons (Fsp3) is 0.600. The molecular weight excluding hydrogens is 863 g/mol. The van der Waals surface area contributed by atoms with Crippen molar-refractivity contribution in [1.29, 1.82) is 0 Å². The van der Waals surface area contributed by atoms with E-state index in [4.69, 9.17) is 18.9 Å². The molecule has 2 bridgehead atoms. The van der Waals surface area contributed by atoms with Crippen molar-refractivity contribution >= 4 is 52.2 Å². The molecule has 2 saturated heterocycles. The molecule has 6 aliphatic rings. The molecule has 1 aromatic heterocycles. The minimum atomic E-state index is -2.33. The van der Waals surface area contributed by atoms with Gasteiger partial charge in [0, 0.05) is 115 Å². The quantitative estimate of drug-likeness (QED) is 0.0706. The summed E-state index contributed by atoms with van der Waals surface area (Å²) in [6.45, 7) is 10.5. The predicted octanol–water partition coefficient (Wildman–Crippen LogP) is 4.22. The molecule has 4 N–H and O–H groups in total. The first kappa shape index (κ1) is 46.5. The van der Waals surface area contributed by atoms with Gasteiger partial charge in [0.1, 0.15) is 11.2 Å². The first-order valence-corrected chi connectivity index (χ1v) is 24.4. The van der Waals surface area contributed by atoms with Crippen LogP contribution in [0, 0.1) is 11.3 Å². The number of nitrogens with zero attached hydrogens (tertiary/aromatic N) is 3. The van der Waals surface area contributed by atoms with Gasteiger partial charge in [0.05, 0.1) is 33.0 Å². The monoisotopic (exact) mass is 927 g/mol. The molecule has 66 heavy (non-hydrogen) atoms. The van der Waals surface area contributed by atoms with Gasteiger partial charge in [-0.25, -0.2) is 4.79 Å². The Bertz CT molecular complexity index is 2500. The van der Waals surface area contributed by atoms with E-state index in [1.807, 2.05) is 44.0 Å². The fourth-order valence-corrected chi connectivity index (χ4v) is 14.8. The number of ether oxygens (including phenoxy) is 4. The van der Waals surface area contributed by atoms with Crippen LogP contribution >= 0.6 is 11.8 Å². The third-order valence-electron chi connectivity index (χ3n) is 16.4. The number of likely N-dealkylation sites (N-methyl/N-ethyl adjacent to an activating group) is 1. The molecule has 16 heteroatoms. The topological polar surface area (TPSA) is 183 Å². The second-order valence-electron chi connectivity index (χ2n) is 19.7. The van der Waals surface area contributed by atoms with E-state index in [-0.39, 0.29) is 24.3 Å². The van der Waals surface area contributed by atoms with Crippen LogP contribution in [0.4, 0.5) is 5.69 Å². The minimum absolute atomic E-state index is 0.0772. The lowest BCUT2D eigenvalue weighted by molar-refractivity contribution is -0.228. The van der Waals surface area contributed by atoms with Crippen molar-refractivity contribution in [2.75, 3.05) is 78.3 Å². The molecule has 2 unspecified atom stereocenters. The average Bonchev–Trinajstić information content (AvgIpc) is 3.96. The Kier molecular flexibility index (Phi) is 11.9. The van der Waals surface area contributed by atoms with Crippen LogP contribution < -0.4 is 15.0 Å². The maximum atomic E-state index is 15.6. The summed E-state index contributed by atoms with van der Waals surface area (Å²) < 4.78 is 24.1. The van der Waals surface area contributed by atoms with Gasteiger partial charge in [0.2, 0.25) is 11.5 Å². The fourth-order valence-electron chi connectivity index (χ4n) is 14.0. The molecule has 3 fully saturated rings. The normalized spacial score (nSPS) is 34.2. The first-order valence-electron chi connectivity index (χ1n) is 23.4. The summed E-state index contributed by atoms with van der Waals surface area (Å²) in [6.07, 6.45) is 5.70. The smallest absolute Gasteiger partial charge is 0.344 e. The number of hydrogen-bond acceptors (Lipinski definition) is 14. The van der Waals surface area contributed by atoms with Crippen LogP contribution in [-0.2, 0) is 50.6 Å². The molecule has 2 aromatic carbocycles. The van der Waals surface area contributed by atoms with Crippen LogP contribution in [0.25, 0.3) is 10.9 Å². The second kappa shape index (κ2) is 16.9. The zero-order chi connectivity index (χ0) is 47.1. The third kappa shape index (κ3) is 6.66. The Morgan fingerprint density at radius 3 is 2.41 bits per heavy atom. The molecular formula is C50H65N5O10S. The summed E-state index contributed by atoms with van der Waals surface area (Å²) in [4.78, 5) is 66.3. The number of carbonyl (C=O) groups excluding carboxylic acids is 4. The summed E-state index contributed by atoms with van der Waals surface area (Å²) in [7, 11) is 6.12. The van der Waals surface area contributed by atoms with Gasteiger partial charge >= 0.3 is 17.9 Å².